The molecule has 2 aromatic carbocycles. The lowest BCUT2D eigenvalue weighted by Gasteiger charge is -2.41. The van der Waals surface area contributed by atoms with Gasteiger partial charge in [-0.3, -0.25) is 0 Å². The fourth-order valence-electron chi connectivity index (χ4n) is 4.23. The molecule has 5 nitrogen and oxygen atoms in total. The van der Waals surface area contributed by atoms with Crippen molar-refractivity contribution in [1.82, 2.24) is 9.97 Å². The molecule has 0 radical (unpaired) electrons. The number of aromatic nitrogens is 2. The Morgan fingerprint density at radius 1 is 0.971 bits per heavy atom. The summed E-state index contributed by atoms with van der Waals surface area (Å²) < 4.78 is 13.2. The van der Waals surface area contributed by atoms with E-state index in [1.807, 2.05) is 24.3 Å². The van der Waals surface area contributed by atoms with Crippen molar-refractivity contribution in [3.63, 3.8) is 0 Å². The average Bonchev–Trinajstić information content (AvgIpc) is 2.76. The first kappa shape index (κ1) is 25.2. The number of fused-ring (bicyclic) bond motifs is 1. The molecule has 2 N–H and O–H groups in total. The van der Waals surface area contributed by atoms with E-state index in [0.717, 1.165) is 47.9 Å². The number of ether oxygens (including phenoxy) is 1. The van der Waals surface area contributed by atoms with Crippen LogP contribution in [0, 0.1) is 0 Å². The van der Waals surface area contributed by atoms with Gasteiger partial charge in [0.15, 0.2) is 8.32 Å². The summed E-state index contributed by atoms with van der Waals surface area (Å²) >= 11 is 13.0. The van der Waals surface area contributed by atoms with E-state index in [9.17, 15) is 0 Å². The number of halogens is 2. The predicted molar refractivity (Wildman–Crippen MR) is 144 cm³/mol. The Morgan fingerprint density at radius 2 is 1.65 bits per heavy atom. The lowest BCUT2D eigenvalue weighted by atomic mass is 9.94. The molecule has 1 aliphatic carbocycles. The highest BCUT2D eigenvalue weighted by molar-refractivity contribution is 6.74. The number of hydrogen-bond acceptors (Lipinski definition) is 5. The first-order valence-corrected chi connectivity index (χ1v) is 15.5. The third-order valence-corrected chi connectivity index (χ3v) is 12.6. The Hall–Kier alpha value is -1.86. The van der Waals surface area contributed by atoms with Crippen molar-refractivity contribution in [2.45, 2.75) is 76.8 Å². The lowest BCUT2D eigenvalue weighted by molar-refractivity contribution is 0.0729. The third-order valence-electron chi connectivity index (χ3n) is 7.20. The molecule has 3 aromatic rings. The molecule has 1 saturated carbocycles. The van der Waals surface area contributed by atoms with Crippen molar-refractivity contribution in [3.05, 3.63) is 46.7 Å². The van der Waals surface area contributed by atoms with Gasteiger partial charge in [0.25, 0.3) is 0 Å². The fraction of sp³-hybridized carbons (Fsp3) is 0.462. The zero-order valence-electron chi connectivity index (χ0n) is 20.5. The van der Waals surface area contributed by atoms with Crippen LogP contribution in [0.2, 0.25) is 28.2 Å². The second-order valence-electron chi connectivity index (χ2n) is 10.6. The fourth-order valence-corrected chi connectivity index (χ4v) is 6.05. The summed E-state index contributed by atoms with van der Waals surface area (Å²) in [5.41, 5.74) is 8.40. The van der Waals surface area contributed by atoms with Gasteiger partial charge in [0, 0.05) is 17.1 Å². The minimum atomic E-state index is -1.78. The number of anilines is 1. The van der Waals surface area contributed by atoms with E-state index in [2.05, 4.69) is 43.8 Å². The highest BCUT2D eigenvalue weighted by atomic mass is 35.5. The standard InChI is InChI=1S/C26H33Cl2N3O2Si/c1-26(2,3)34(4,5)33-17-11-9-16(10-12-17)32-21-14-13-19-24(30-15-31-25(19)29)22(21)18-7-6-8-20(27)23(18)28/h6-8,13-17H,9-12H2,1-5H3,(H2,29,30,31). The summed E-state index contributed by atoms with van der Waals surface area (Å²) in [6.45, 7) is 11.5. The van der Waals surface area contributed by atoms with Gasteiger partial charge in [-0.1, -0.05) is 56.1 Å². The number of nitrogens with two attached hydrogens (primary N) is 1. The zero-order valence-corrected chi connectivity index (χ0v) is 23.0. The Balaban J connectivity index is 1.61. The highest BCUT2D eigenvalue weighted by Crippen LogP contribution is 2.44. The molecule has 8 heteroatoms. The topological polar surface area (TPSA) is 70.3 Å². The summed E-state index contributed by atoms with van der Waals surface area (Å²) in [6, 6.07) is 9.42. The van der Waals surface area contributed by atoms with Gasteiger partial charge in [-0.05, 0) is 62.0 Å². The van der Waals surface area contributed by atoms with E-state index in [4.69, 9.17) is 38.1 Å². The van der Waals surface area contributed by atoms with Crippen LogP contribution in [0.1, 0.15) is 46.5 Å². The van der Waals surface area contributed by atoms with Crippen molar-refractivity contribution in [3.8, 4) is 16.9 Å². The predicted octanol–water partition coefficient (Wildman–Crippen LogP) is 7.90. The molecule has 0 spiro atoms. The number of nitrogen functional groups attached to an aromatic ring is 1. The Kier molecular flexibility index (Phi) is 7.16. The van der Waals surface area contributed by atoms with Crippen molar-refractivity contribution >= 4 is 48.2 Å². The van der Waals surface area contributed by atoms with E-state index < -0.39 is 8.32 Å². The minimum Gasteiger partial charge on any atom is -0.490 e. The van der Waals surface area contributed by atoms with Gasteiger partial charge in [0.1, 0.15) is 17.9 Å². The Labute approximate surface area is 213 Å². The molecule has 0 aliphatic heterocycles. The highest BCUT2D eigenvalue weighted by Gasteiger charge is 2.40. The molecule has 0 unspecified atom stereocenters. The van der Waals surface area contributed by atoms with Gasteiger partial charge in [-0.25, -0.2) is 9.97 Å². The molecule has 0 amide bonds. The molecule has 1 aliphatic rings. The maximum atomic E-state index is 6.65. The van der Waals surface area contributed by atoms with Crippen LogP contribution in [0.4, 0.5) is 5.82 Å². The van der Waals surface area contributed by atoms with E-state index in [1.165, 1.54) is 6.33 Å². The number of nitrogens with zero attached hydrogens (tertiary/aromatic N) is 2. The summed E-state index contributed by atoms with van der Waals surface area (Å²) in [4.78, 5) is 8.67. The molecule has 0 atom stereocenters. The normalized spacial score (nSPS) is 19.4. The van der Waals surface area contributed by atoms with Crippen LogP contribution >= 0.6 is 23.2 Å². The molecular formula is C26H33Cl2N3O2Si. The van der Waals surface area contributed by atoms with Gasteiger partial charge in [-0.2, -0.15) is 0 Å². The smallest absolute Gasteiger partial charge is 0.192 e. The van der Waals surface area contributed by atoms with E-state index in [0.29, 0.717) is 27.5 Å². The average molecular weight is 519 g/mol. The van der Waals surface area contributed by atoms with Crippen molar-refractivity contribution in [2.75, 3.05) is 5.73 Å². The van der Waals surface area contributed by atoms with Crippen molar-refractivity contribution < 1.29 is 9.16 Å². The van der Waals surface area contributed by atoms with Crippen LogP contribution in [0.5, 0.6) is 5.75 Å². The summed E-state index contributed by atoms with van der Waals surface area (Å²) in [6.07, 6.45) is 5.71. The molecule has 182 valence electrons. The molecule has 4 rings (SSSR count). The summed E-state index contributed by atoms with van der Waals surface area (Å²) in [5, 5.41) is 1.91. The van der Waals surface area contributed by atoms with Crippen LogP contribution in [0.25, 0.3) is 22.0 Å². The van der Waals surface area contributed by atoms with Gasteiger partial charge in [-0.15, -0.1) is 0 Å². The molecular weight excluding hydrogens is 485 g/mol. The summed E-state index contributed by atoms with van der Waals surface area (Å²) in [5.74, 6) is 1.14. The molecule has 1 fully saturated rings. The third kappa shape index (κ3) is 5.06. The maximum Gasteiger partial charge on any atom is 0.192 e. The lowest BCUT2D eigenvalue weighted by Crippen LogP contribution is -2.45. The molecule has 34 heavy (non-hydrogen) atoms. The minimum absolute atomic E-state index is 0.0904. The Bertz CT molecular complexity index is 1190. The zero-order chi connectivity index (χ0) is 24.7. The first-order chi connectivity index (χ1) is 16.0. The maximum absolute atomic E-state index is 6.65. The number of rotatable bonds is 5. The SMILES string of the molecule is CC(C)(C)[Si](C)(C)OC1CCC(Oc2ccc3c(N)ncnc3c2-c2cccc(Cl)c2Cl)CC1. The largest absolute Gasteiger partial charge is 0.490 e. The molecule has 1 heterocycles. The molecule has 0 bridgehead atoms. The van der Waals surface area contributed by atoms with Crippen molar-refractivity contribution in [1.29, 1.82) is 0 Å². The quantitative estimate of drug-likeness (QED) is 0.348. The van der Waals surface area contributed by atoms with E-state index >= 15 is 0 Å². The molecule has 0 saturated heterocycles. The van der Waals surface area contributed by atoms with Gasteiger partial charge in [0.05, 0.1) is 27.2 Å². The second kappa shape index (κ2) is 9.65. The summed E-state index contributed by atoms with van der Waals surface area (Å²) in [7, 11) is -1.78. The van der Waals surface area contributed by atoms with Crippen LogP contribution in [0.15, 0.2) is 36.7 Å². The second-order valence-corrected chi connectivity index (χ2v) is 16.1. The van der Waals surface area contributed by atoms with Crippen LogP contribution in [-0.4, -0.2) is 30.5 Å². The molecule has 1 aromatic heterocycles. The van der Waals surface area contributed by atoms with Crippen LogP contribution < -0.4 is 10.5 Å². The van der Waals surface area contributed by atoms with E-state index in [1.54, 1.807) is 6.07 Å². The Morgan fingerprint density at radius 3 is 2.32 bits per heavy atom. The van der Waals surface area contributed by atoms with Crippen molar-refractivity contribution in [2.24, 2.45) is 0 Å². The van der Waals surface area contributed by atoms with Gasteiger partial charge in [0.2, 0.25) is 0 Å². The number of hydrogen-bond donors (Lipinski definition) is 1. The van der Waals surface area contributed by atoms with Crippen LogP contribution in [-0.2, 0) is 4.43 Å². The monoisotopic (exact) mass is 517 g/mol. The van der Waals surface area contributed by atoms with Gasteiger partial charge >= 0.3 is 0 Å². The van der Waals surface area contributed by atoms with Crippen LogP contribution in [0.3, 0.4) is 0 Å². The first-order valence-electron chi connectivity index (χ1n) is 11.8. The van der Waals surface area contributed by atoms with Gasteiger partial charge < -0.3 is 14.9 Å². The van der Waals surface area contributed by atoms with E-state index in [-0.39, 0.29) is 11.1 Å². The number of benzene rings is 2.